The molecule has 1 aromatic carbocycles. The highest BCUT2D eigenvalue weighted by atomic mass is 32.2. The van der Waals surface area contributed by atoms with Gasteiger partial charge in [0, 0.05) is 10.3 Å². The van der Waals surface area contributed by atoms with Crippen molar-refractivity contribution in [2.24, 2.45) is 0 Å². The summed E-state index contributed by atoms with van der Waals surface area (Å²) >= 11 is 3.02. The van der Waals surface area contributed by atoms with E-state index in [9.17, 15) is 9.59 Å². The number of carbonyl (C=O) groups is 2. The van der Waals surface area contributed by atoms with Gasteiger partial charge in [0.15, 0.2) is 0 Å². The summed E-state index contributed by atoms with van der Waals surface area (Å²) in [5, 5.41) is 4.70. The lowest BCUT2D eigenvalue weighted by Crippen LogP contribution is -2.58. The molecule has 0 spiro atoms. The van der Waals surface area contributed by atoms with Crippen LogP contribution in [0.4, 0.5) is 11.4 Å². The van der Waals surface area contributed by atoms with Crippen LogP contribution in [0.25, 0.3) is 10.2 Å². The number of rotatable bonds is 3. The monoisotopic (exact) mass is 412 g/mol. The lowest BCUT2D eigenvalue weighted by Gasteiger charge is -2.42. The molecule has 2 amide bonds. The Labute approximate surface area is 171 Å². The largest absolute Gasteiger partial charge is 0.322 e. The molecule has 3 heterocycles. The van der Waals surface area contributed by atoms with Crippen LogP contribution in [0.2, 0.25) is 0 Å². The van der Waals surface area contributed by atoms with E-state index in [1.807, 2.05) is 18.2 Å². The fourth-order valence-electron chi connectivity index (χ4n) is 3.35. The van der Waals surface area contributed by atoms with Gasteiger partial charge in [0.1, 0.15) is 21.7 Å². The maximum atomic E-state index is 13.2. The molecule has 0 saturated heterocycles. The second kappa shape index (κ2) is 6.86. The van der Waals surface area contributed by atoms with E-state index in [0.717, 1.165) is 20.8 Å². The number of nitrogens with one attached hydrogen (secondary N) is 1. The highest BCUT2D eigenvalue weighted by Crippen LogP contribution is 2.38. The van der Waals surface area contributed by atoms with Gasteiger partial charge < -0.3 is 5.32 Å². The quantitative estimate of drug-likeness (QED) is 0.516. The fourth-order valence-corrected chi connectivity index (χ4v) is 5.32. The number of carbonyl (C=O) groups excluding carboxylic acids is 2. The summed E-state index contributed by atoms with van der Waals surface area (Å²) < 4.78 is 0. The number of anilines is 2. The van der Waals surface area contributed by atoms with E-state index in [-0.39, 0.29) is 17.6 Å². The van der Waals surface area contributed by atoms with Crippen LogP contribution >= 0.6 is 23.1 Å². The molecule has 0 radical (unpaired) electrons. The van der Waals surface area contributed by atoms with Crippen molar-refractivity contribution in [3.8, 4) is 0 Å². The number of para-hydroxylation sites is 2. The van der Waals surface area contributed by atoms with Crippen LogP contribution in [0.15, 0.2) is 35.6 Å². The molecule has 0 atom stereocenters. The molecule has 6 nitrogen and oxygen atoms in total. The Bertz CT molecular complexity index is 1110. The molecular formula is C20H20N4O2S2. The molecule has 0 unspecified atom stereocenters. The lowest BCUT2D eigenvalue weighted by molar-refractivity contribution is -0.125. The maximum Gasteiger partial charge on any atom is 0.250 e. The van der Waals surface area contributed by atoms with E-state index in [2.05, 4.69) is 29.1 Å². The van der Waals surface area contributed by atoms with E-state index < -0.39 is 5.54 Å². The van der Waals surface area contributed by atoms with Crippen LogP contribution < -0.4 is 10.2 Å². The first-order chi connectivity index (χ1) is 13.3. The van der Waals surface area contributed by atoms with Gasteiger partial charge in [-0.15, -0.1) is 11.3 Å². The highest BCUT2D eigenvalue weighted by molar-refractivity contribution is 8.00. The van der Waals surface area contributed by atoms with Gasteiger partial charge in [0.25, 0.3) is 0 Å². The number of hydrogen-bond donors (Lipinski definition) is 1. The number of fused-ring (bicyclic) bond motifs is 2. The van der Waals surface area contributed by atoms with Gasteiger partial charge in [-0.05, 0) is 45.4 Å². The molecule has 0 fully saturated rings. The van der Waals surface area contributed by atoms with Crippen molar-refractivity contribution < 1.29 is 9.59 Å². The number of nitrogens with zero attached hydrogens (tertiary/aromatic N) is 3. The number of aromatic nitrogens is 2. The first kappa shape index (κ1) is 18.9. The predicted molar refractivity (Wildman–Crippen MR) is 114 cm³/mol. The van der Waals surface area contributed by atoms with Gasteiger partial charge in [-0.3, -0.25) is 14.5 Å². The van der Waals surface area contributed by atoms with Crippen LogP contribution in [-0.2, 0) is 9.59 Å². The van der Waals surface area contributed by atoms with Crippen molar-refractivity contribution in [2.45, 2.75) is 38.3 Å². The van der Waals surface area contributed by atoms with E-state index in [0.29, 0.717) is 11.4 Å². The number of thioether (sulfide) groups is 1. The van der Waals surface area contributed by atoms with Crippen molar-refractivity contribution >= 4 is 56.5 Å². The van der Waals surface area contributed by atoms with E-state index in [1.165, 1.54) is 23.0 Å². The minimum Gasteiger partial charge on any atom is -0.322 e. The Morgan fingerprint density at radius 3 is 2.79 bits per heavy atom. The Morgan fingerprint density at radius 1 is 1.25 bits per heavy atom. The number of benzene rings is 1. The molecule has 144 valence electrons. The topological polar surface area (TPSA) is 75.2 Å². The van der Waals surface area contributed by atoms with Gasteiger partial charge >= 0.3 is 0 Å². The predicted octanol–water partition coefficient (Wildman–Crippen LogP) is 4.16. The molecule has 2 aromatic heterocycles. The lowest BCUT2D eigenvalue weighted by atomic mass is 9.96. The Morgan fingerprint density at radius 2 is 2.00 bits per heavy atom. The zero-order valence-electron chi connectivity index (χ0n) is 16.1. The van der Waals surface area contributed by atoms with Crippen LogP contribution in [0.3, 0.4) is 0 Å². The third-order valence-corrected chi connectivity index (χ3v) is 7.11. The minimum absolute atomic E-state index is 0.131. The molecule has 0 bridgehead atoms. The van der Waals surface area contributed by atoms with Crippen LogP contribution in [-0.4, -0.2) is 33.1 Å². The molecule has 28 heavy (non-hydrogen) atoms. The summed E-state index contributed by atoms with van der Waals surface area (Å²) in [6.45, 7) is 7.64. The van der Waals surface area contributed by atoms with Crippen molar-refractivity contribution in [1.82, 2.24) is 9.97 Å². The fraction of sp³-hybridized carbons (Fsp3) is 0.300. The second-order valence-electron chi connectivity index (χ2n) is 7.19. The molecule has 0 aliphatic carbocycles. The van der Waals surface area contributed by atoms with Gasteiger partial charge in [-0.1, -0.05) is 23.9 Å². The molecular weight excluding hydrogens is 392 g/mol. The molecule has 1 N–H and O–H groups in total. The zero-order valence-corrected chi connectivity index (χ0v) is 17.7. The summed E-state index contributed by atoms with van der Waals surface area (Å²) in [7, 11) is 0. The summed E-state index contributed by atoms with van der Waals surface area (Å²) in [6, 6.07) is 7.37. The van der Waals surface area contributed by atoms with E-state index in [1.54, 1.807) is 36.2 Å². The van der Waals surface area contributed by atoms with Gasteiger partial charge in [-0.25, -0.2) is 9.97 Å². The Hall–Kier alpha value is -2.45. The Balaban J connectivity index is 1.65. The number of hydrogen-bond acceptors (Lipinski definition) is 6. The SMILES string of the molecule is Cc1sc2ncnc(SCC(=O)N3c4ccccc4NC(=O)C3(C)C)c2c1C. The van der Waals surface area contributed by atoms with Crippen LogP contribution in [0.5, 0.6) is 0 Å². The molecule has 1 aliphatic heterocycles. The maximum absolute atomic E-state index is 13.2. The average molecular weight is 413 g/mol. The minimum atomic E-state index is -0.970. The summed E-state index contributed by atoms with van der Waals surface area (Å²) in [5.41, 5.74) is 1.55. The normalized spacial score (nSPS) is 15.4. The highest BCUT2D eigenvalue weighted by Gasteiger charge is 2.43. The second-order valence-corrected chi connectivity index (χ2v) is 9.36. The zero-order chi connectivity index (χ0) is 20.1. The number of aryl methyl sites for hydroxylation is 2. The molecule has 0 saturated carbocycles. The molecule has 8 heteroatoms. The third-order valence-electron chi connectivity index (χ3n) is 5.02. The van der Waals surface area contributed by atoms with E-state index in [4.69, 9.17) is 0 Å². The summed E-state index contributed by atoms with van der Waals surface area (Å²) in [6.07, 6.45) is 1.54. The van der Waals surface area contributed by atoms with Crippen molar-refractivity contribution in [1.29, 1.82) is 0 Å². The summed E-state index contributed by atoms with van der Waals surface area (Å²) in [4.78, 5) is 38.2. The number of thiophene rings is 1. The first-order valence-corrected chi connectivity index (χ1v) is 10.7. The van der Waals surface area contributed by atoms with Crippen molar-refractivity contribution in [3.63, 3.8) is 0 Å². The number of amides is 2. The van der Waals surface area contributed by atoms with E-state index >= 15 is 0 Å². The average Bonchev–Trinajstić information content (AvgIpc) is 2.95. The molecule has 1 aliphatic rings. The van der Waals surface area contributed by atoms with Crippen molar-refractivity contribution in [2.75, 3.05) is 16.0 Å². The standard InChI is InChI=1S/C20H20N4O2S2/c1-11-12(2)28-18-16(11)17(21-10-22-18)27-9-15(25)24-14-8-6-5-7-13(14)23-19(26)20(24,3)4/h5-8,10H,9H2,1-4H3,(H,23,26). The van der Waals surface area contributed by atoms with Gasteiger partial charge in [0.2, 0.25) is 11.8 Å². The Kier molecular flexibility index (Phi) is 4.63. The van der Waals surface area contributed by atoms with Crippen LogP contribution in [0.1, 0.15) is 24.3 Å². The van der Waals surface area contributed by atoms with Crippen LogP contribution in [0, 0.1) is 13.8 Å². The summed E-state index contributed by atoms with van der Waals surface area (Å²) in [5.74, 6) is -0.141. The van der Waals surface area contributed by atoms with Gasteiger partial charge in [-0.2, -0.15) is 0 Å². The molecule has 4 rings (SSSR count). The molecule has 3 aromatic rings. The van der Waals surface area contributed by atoms with Gasteiger partial charge in [0.05, 0.1) is 17.1 Å². The smallest absolute Gasteiger partial charge is 0.250 e. The third kappa shape index (κ3) is 2.97. The first-order valence-electron chi connectivity index (χ1n) is 8.87. The van der Waals surface area contributed by atoms with Crippen molar-refractivity contribution in [3.05, 3.63) is 41.0 Å².